The normalized spacial score (nSPS) is 16.7. The Morgan fingerprint density at radius 2 is 1.67 bits per heavy atom. The van der Waals surface area contributed by atoms with Gasteiger partial charge in [-0.15, -0.1) is 0 Å². The number of ether oxygens (including phenoxy) is 2. The maximum atomic E-state index is 13.4. The fraction of sp³-hybridized carbons (Fsp3) is 0.429. The summed E-state index contributed by atoms with van der Waals surface area (Å²) in [5, 5.41) is 8.40. The third kappa shape index (κ3) is 5.14. The van der Waals surface area contributed by atoms with Crippen molar-refractivity contribution in [2.75, 3.05) is 57.4 Å². The average molecular weight is 532 g/mol. The molecule has 2 aromatic carbocycles. The molecule has 4 heterocycles. The lowest BCUT2D eigenvalue weighted by Crippen LogP contribution is -2.51. The lowest BCUT2D eigenvalue weighted by atomic mass is 10.1. The summed E-state index contributed by atoms with van der Waals surface area (Å²) < 4.78 is 10.9. The highest BCUT2D eigenvalue weighted by Crippen LogP contribution is 2.29. The quantitative estimate of drug-likeness (QED) is 0.414. The van der Waals surface area contributed by atoms with E-state index in [0.717, 1.165) is 53.9 Å². The number of aromatic amines is 2. The maximum absolute atomic E-state index is 13.4. The predicted octanol–water partition coefficient (Wildman–Crippen LogP) is 3.64. The van der Waals surface area contributed by atoms with Crippen molar-refractivity contribution in [3.63, 3.8) is 0 Å². The molecular formula is C28H33N7O4. The first kappa shape index (κ1) is 25.2. The molecule has 204 valence electrons. The number of piperazine rings is 1. The number of aromatic nitrogens is 4. The van der Waals surface area contributed by atoms with Crippen LogP contribution in [-0.2, 0) is 9.47 Å². The molecule has 2 aliphatic heterocycles. The Morgan fingerprint density at radius 3 is 2.41 bits per heavy atom. The van der Waals surface area contributed by atoms with Crippen LogP contribution >= 0.6 is 0 Å². The van der Waals surface area contributed by atoms with Gasteiger partial charge in [0.1, 0.15) is 11.3 Å². The fourth-order valence-electron chi connectivity index (χ4n) is 5.06. The van der Waals surface area contributed by atoms with Gasteiger partial charge in [-0.1, -0.05) is 0 Å². The van der Waals surface area contributed by atoms with Gasteiger partial charge in [-0.25, -0.2) is 9.78 Å². The number of imidazole rings is 1. The van der Waals surface area contributed by atoms with Crippen LogP contribution in [0, 0.1) is 0 Å². The van der Waals surface area contributed by atoms with E-state index >= 15 is 0 Å². The van der Waals surface area contributed by atoms with Gasteiger partial charge < -0.3 is 29.2 Å². The third-order valence-corrected chi connectivity index (χ3v) is 7.09. The Morgan fingerprint density at radius 1 is 0.923 bits per heavy atom. The summed E-state index contributed by atoms with van der Waals surface area (Å²) in [6, 6.07) is 11.7. The van der Waals surface area contributed by atoms with Crippen LogP contribution in [0.25, 0.3) is 33.5 Å². The maximum Gasteiger partial charge on any atom is 0.410 e. The van der Waals surface area contributed by atoms with Gasteiger partial charge in [-0.3, -0.25) is 9.89 Å². The van der Waals surface area contributed by atoms with E-state index in [1.54, 1.807) is 15.9 Å². The van der Waals surface area contributed by atoms with Crippen LogP contribution in [0.3, 0.4) is 0 Å². The topological polar surface area (TPSA) is 120 Å². The van der Waals surface area contributed by atoms with E-state index in [0.29, 0.717) is 43.3 Å². The number of morpholine rings is 1. The average Bonchev–Trinajstić information content (AvgIpc) is 3.55. The zero-order valence-electron chi connectivity index (χ0n) is 22.5. The third-order valence-electron chi connectivity index (χ3n) is 7.09. The molecule has 0 radical (unpaired) electrons. The summed E-state index contributed by atoms with van der Waals surface area (Å²) in [7, 11) is 0. The number of hydrogen-bond donors (Lipinski definition) is 2. The minimum atomic E-state index is -0.549. The van der Waals surface area contributed by atoms with Crippen molar-refractivity contribution in [2.45, 2.75) is 26.4 Å². The minimum Gasteiger partial charge on any atom is -0.444 e. The van der Waals surface area contributed by atoms with Crippen molar-refractivity contribution in [2.24, 2.45) is 0 Å². The number of hydrogen-bond acceptors (Lipinski definition) is 7. The standard InChI is InChI=1S/C28H33N7O4/c1-28(2,3)39-27(37)35-10-8-34(9-11-35)26(36)18-4-6-21-20(16-18)24(32-31-21)25-29-22-7-5-19(17-23(22)30-25)33-12-14-38-15-13-33/h4-7,16-17H,8-15H2,1-3H3,(H,29,30)(H,31,32). The molecule has 2 aromatic heterocycles. The molecule has 2 aliphatic rings. The second-order valence-corrected chi connectivity index (χ2v) is 11.0. The van der Waals surface area contributed by atoms with E-state index in [9.17, 15) is 9.59 Å². The Hall–Kier alpha value is -4.12. The molecule has 2 saturated heterocycles. The molecule has 0 bridgehead atoms. The molecule has 0 saturated carbocycles. The van der Waals surface area contributed by atoms with Crippen LogP contribution in [-0.4, -0.2) is 100 Å². The van der Waals surface area contributed by atoms with Gasteiger partial charge in [0.25, 0.3) is 5.91 Å². The first-order valence-corrected chi connectivity index (χ1v) is 13.3. The summed E-state index contributed by atoms with van der Waals surface area (Å²) in [5.74, 6) is 0.568. The number of amides is 2. The Bertz CT molecular complexity index is 1520. The molecular weight excluding hydrogens is 498 g/mol. The first-order chi connectivity index (χ1) is 18.7. The minimum absolute atomic E-state index is 0.0763. The summed E-state index contributed by atoms with van der Waals surface area (Å²) in [6.45, 7) is 10.5. The number of rotatable bonds is 3. The zero-order chi connectivity index (χ0) is 27.1. The summed E-state index contributed by atoms with van der Waals surface area (Å²) in [5.41, 5.74) is 4.43. The highest BCUT2D eigenvalue weighted by Gasteiger charge is 2.28. The molecule has 39 heavy (non-hydrogen) atoms. The van der Waals surface area contributed by atoms with Gasteiger partial charge in [0.05, 0.1) is 29.8 Å². The summed E-state index contributed by atoms with van der Waals surface area (Å²) in [6.07, 6.45) is -0.345. The van der Waals surface area contributed by atoms with Crippen LogP contribution in [0.4, 0.5) is 10.5 Å². The van der Waals surface area contributed by atoms with Gasteiger partial charge in [-0.05, 0) is 57.2 Å². The van der Waals surface area contributed by atoms with Crippen LogP contribution in [0.1, 0.15) is 31.1 Å². The van der Waals surface area contributed by atoms with Gasteiger partial charge in [0, 0.05) is 55.9 Å². The lowest BCUT2D eigenvalue weighted by molar-refractivity contribution is 0.0141. The number of nitrogens with one attached hydrogen (secondary N) is 2. The molecule has 6 rings (SSSR count). The predicted molar refractivity (Wildman–Crippen MR) is 148 cm³/mol. The number of fused-ring (bicyclic) bond motifs is 2. The van der Waals surface area contributed by atoms with Crippen molar-refractivity contribution in [1.82, 2.24) is 30.0 Å². The van der Waals surface area contributed by atoms with Crippen LogP contribution in [0.2, 0.25) is 0 Å². The van der Waals surface area contributed by atoms with Gasteiger partial charge in [0.2, 0.25) is 0 Å². The fourth-order valence-corrected chi connectivity index (χ4v) is 5.06. The smallest absolute Gasteiger partial charge is 0.410 e. The largest absolute Gasteiger partial charge is 0.444 e. The summed E-state index contributed by atoms with van der Waals surface area (Å²) in [4.78, 5) is 39.7. The molecule has 2 amide bonds. The van der Waals surface area contributed by atoms with Gasteiger partial charge in [-0.2, -0.15) is 5.10 Å². The zero-order valence-corrected chi connectivity index (χ0v) is 22.5. The number of H-pyrrole nitrogens is 2. The van der Waals surface area contributed by atoms with Gasteiger partial charge >= 0.3 is 6.09 Å². The number of nitrogens with zero attached hydrogens (tertiary/aromatic N) is 5. The number of anilines is 1. The first-order valence-electron chi connectivity index (χ1n) is 13.3. The van der Waals surface area contributed by atoms with E-state index in [1.165, 1.54) is 0 Å². The van der Waals surface area contributed by atoms with Crippen LogP contribution < -0.4 is 4.90 Å². The molecule has 0 spiro atoms. The molecule has 4 aromatic rings. The van der Waals surface area contributed by atoms with Crippen molar-refractivity contribution in [3.8, 4) is 11.5 Å². The number of carbonyl (C=O) groups is 2. The summed E-state index contributed by atoms with van der Waals surface area (Å²) >= 11 is 0. The van der Waals surface area contributed by atoms with Crippen molar-refractivity contribution in [1.29, 1.82) is 0 Å². The van der Waals surface area contributed by atoms with E-state index in [4.69, 9.17) is 14.5 Å². The molecule has 0 unspecified atom stereocenters. The molecule has 11 heteroatoms. The SMILES string of the molecule is CC(C)(C)OC(=O)N1CCN(C(=O)c2ccc3[nH]nc(-c4nc5ccc(N6CCOCC6)cc5[nH]4)c3c2)CC1. The Labute approximate surface area is 226 Å². The molecule has 0 aliphatic carbocycles. The number of benzene rings is 2. The molecule has 11 nitrogen and oxygen atoms in total. The van der Waals surface area contributed by atoms with Crippen molar-refractivity contribution >= 4 is 39.6 Å². The van der Waals surface area contributed by atoms with Crippen molar-refractivity contribution in [3.05, 3.63) is 42.0 Å². The number of carbonyl (C=O) groups excluding carboxylic acids is 2. The lowest BCUT2D eigenvalue weighted by Gasteiger charge is -2.35. The molecule has 0 atom stereocenters. The van der Waals surface area contributed by atoms with Crippen molar-refractivity contribution < 1.29 is 19.1 Å². The van der Waals surface area contributed by atoms with Crippen LogP contribution in [0.15, 0.2) is 36.4 Å². The van der Waals surface area contributed by atoms with E-state index in [-0.39, 0.29) is 12.0 Å². The second kappa shape index (κ2) is 9.88. The van der Waals surface area contributed by atoms with E-state index in [2.05, 4.69) is 32.2 Å². The molecule has 2 N–H and O–H groups in total. The Kier molecular flexibility index (Phi) is 6.38. The van der Waals surface area contributed by atoms with E-state index in [1.807, 2.05) is 39.0 Å². The monoisotopic (exact) mass is 531 g/mol. The van der Waals surface area contributed by atoms with Gasteiger partial charge in [0.15, 0.2) is 5.82 Å². The Balaban J connectivity index is 1.20. The second-order valence-electron chi connectivity index (χ2n) is 11.0. The van der Waals surface area contributed by atoms with E-state index < -0.39 is 5.60 Å². The van der Waals surface area contributed by atoms with Crippen LogP contribution in [0.5, 0.6) is 0 Å². The highest BCUT2D eigenvalue weighted by molar-refractivity contribution is 6.01. The molecule has 2 fully saturated rings. The highest BCUT2D eigenvalue weighted by atomic mass is 16.6.